The number of hydrogen-bond acceptors (Lipinski definition) is 4. The Morgan fingerprint density at radius 3 is 2.34 bits per heavy atom. The summed E-state index contributed by atoms with van der Waals surface area (Å²) in [5, 5.41) is 7.18. The Morgan fingerprint density at radius 2 is 1.69 bits per heavy atom. The highest BCUT2D eigenvalue weighted by Crippen LogP contribution is 2.26. The Labute approximate surface area is 184 Å². The number of hydrogen-bond donors (Lipinski definition) is 1. The van der Waals surface area contributed by atoms with Gasteiger partial charge in [-0.25, -0.2) is 21.9 Å². The first-order chi connectivity index (χ1) is 15.2. The molecule has 3 aromatic rings. The summed E-state index contributed by atoms with van der Waals surface area (Å²) >= 11 is 0. The molecule has 4 rings (SSSR count). The molecule has 1 fully saturated rings. The van der Waals surface area contributed by atoms with Crippen molar-refractivity contribution in [2.45, 2.75) is 24.7 Å². The van der Waals surface area contributed by atoms with Crippen LogP contribution in [-0.4, -0.2) is 41.5 Å². The molecule has 168 valence electrons. The van der Waals surface area contributed by atoms with Crippen LogP contribution in [-0.2, 0) is 14.8 Å². The summed E-state index contributed by atoms with van der Waals surface area (Å²) in [6.07, 6.45) is 1.06. The monoisotopic (exact) mass is 460 g/mol. The zero-order valence-corrected chi connectivity index (χ0v) is 18.1. The number of aryl methyl sites for hydroxylation is 1. The fraction of sp³-hybridized carbons (Fsp3) is 0.273. The Morgan fingerprint density at radius 1 is 1.06 bits per heavy atom. The summed E-state index contributed by atoms with van der Waals surface area (Å²) in [5.74, 6) is -1.37. The predicted octanol–water partition coefficient (Wildman–Crippen LogP) is 3.50. The number of carbonyl (C=O) groups excluding carboxylic acids is 1. The van der Waals surface area contributed by atoms with E-state index < -0.39 is 21.8 Å². The van der Waals surface area contributed by atoms with Crippen LogP contribution in [0.15, 0.2) is 59.5 Å². The van der Waals surface area contributed by atoms with Gasteiger partial charge in [0.1, 0.15) is 17.5 Å². The van der Waals surface area contributed by atoms with Crippen LogP contribution in [0.2, 0.25) is 0 Å². The lowest BCUT2D eigenvalue weighted by molar-refractivity contribution is -0.120. The number of amides is 1. The predicted molar refractivity (Wildman–Crippen MR) is 115 cm³/mol. The summed E-state index contributed by atoms with van der Waals surface area (Å²) in [6, 6.07) is 12.0. The van der Waals surface area contributed by atoms with Gasteiger partial charge in [0, 0.05) is 19.2 Å². The molecule has 0 radical (unpaired) electrons. The minimum absolute atomic E-state index is 0.00929. The molecule has 1 unspecified atom stereocenters. The molecular weight excluding hydrogens is 438 g/mol. The van der Waals surface area contributed by atoms with Gasteiger partial charge in [-0.05, 0) is 68.3 Å². The minimum atomic E-state index is -3.84. The van der Waals surface area contributed by atoms with Crippen LogP contribution in [0.5, 0.6) is 0 Å². The molecule has 2 aromatic carbocycles. The van der Waals surface area contributed by atoms with E-state index in [2.05, 4.69) is 10.4 Å². The van der Waals surface area contributed by atoms with Gasteiger partial charge in [-0.1, -0.05) is 0 Å². The topological polar surface area (TPSA) is 84.3 Å². The van der Waals surface area contributed by atoms with Crippen molar-refractivity contribution >= 4 is 21.7 Å². The van der Waals surface area contributed by atoms with Crippen LogP contribution >= 0.6 is 0 Å². The van der Waals surface area contributed by atoms with Crippen molar-refractivity contribution in [1.29, 1.82) is 0 Å². The van der Waals surface area contributed by atoms with Crippen LogP contribution in [0.3, 0.4) is 0 Å². The van der Waals surface area contributed by atoms with Gasteiger partial charge in [-0.3, -0.25) is 4.79 Å². The van der Waals surface area contributed by atoms with Crippen molar-refractivity contribution in [2.24, 2.45) is 5.92 Å². The molecule has 0 bridgehead atoms. The highest BCUT2D eigenvalue weighted by molar-refractivity contribution is 7.89. The number of halogens is 2. The van der Waals surface area contributed by atoms with Crippen LogP contribution in [0.1, 0.15) is 18.5 Å². The van der Waals surface area contributed by atoms with Crippen molar-refractivity contribution in [3.05, 3.63) is 71.9 Å². The number of sulfonamides is 1. The number of carbonyl (C=O) groups is 1. The number of benzene rings is 2. The van der Waals surface area contributed by atoms with Crippen molar-refractivity contribution < 1.29 is 22.0 Å². The second-order valence-electron chi connectivity index (χ2n) is 7.70. The highest BCUT2D eigenvalue weighted by Gasteiger charge is 2.33. The first kappa shape index (κ1) is 22.1. The van der Waals surface area contributed by atoms with E-state index in [0.29, 0.717) is 30.0 Å². The standard InChI is InChI=1S/C22H22F2N4O3S/c1-15-13-21(28(26-15)19-8-4-17(23)5-9-19)25-22(29)16-3-2-12-27(14-16)32(30,31)20-10-6-18(24)7-11-20/h4-11,13,16H,2-3,12,14H2,1H3,(H,25,29). The lowest BCUT2D eigenvalue weighted by Gasteiger charge is -2.31. The fourth-order valence-corrected chi connectivity index (χ4v) is 5.25. The van der Waals surface area contributed by atoms with Crippen molar-refractivity contribution in [3.8, 4) is 5.69 Å². The van der Waals surface area contributed by atoms with E-state index in [1.807, 2.05) is 0 Å². The molecule has 1 saturated heterocycles. The van der Waals surface area contributed by atoms with E-state index in [1.165, 1.54) is 33.3 Å². The molecular formula is C22H22F2N4O3S. The molecule has 32 heavy (non-hydrogen) atoms. The van der Waals surface area contributed by atoms with Crippen LogP contribution in [0.25, 0.3) is 5.69 Å². The molecule has 10 heteroatoms. The molecule has 0 spiro atoms. The van der Waals surface area contributed by atoms with Crippen LogP contribution in [0.4, 0.5) is 14.6 Å². The Hall–Kier alpha value is -3.11. The maximum Gasteiger partial charge on any atom is 0.243 e. The number of aromatic nitrogens is 2. The van der Waals surface area contributed by atoms with Gasteiger partial charge in [0.05, 0.1) is 22.2 Å². The Balaban J connectivity index is 1.51. The molecule has 1 N–H and O–H groups in total. The fourth-order valence-electron chi connectivity index (χ4n) is 3.73. The highest BCUT2D eigenvalue weighted by atomic mass is 32.2. The van der Waals surface area contributed by atoms with Crippen molar-refractivity contribution in [3.63, 3.8) is 0 Å². The molecule has 1 atom stereocenters. The summed E-state index contributed by atoms with van der Waals surface area (Å²) < 4.78 is 55.1. The molecule has 1 aliphatic rings. The Bertz CT molecular complexity index is 1230. The normalized spacial score (nSPS) is 17.3. The van der Waals surface area contributed by atoms with Crippen LogP contribution in [0, 0.1) is 24.5 Å². The minimum Gasteiger partial charge on any atom is -0.310 e. The second-order valence-corrected chi connectivity index (χ2v) is 9.64. The van der Waals surface area contributed by atoms with E-state index in [-0.39, 0.29) is 29.7 Å². The van der Waals surface area contributed by atoms with E-state index in [4.69, 9.17) is 0 Å². The number of rotatable bonds is 5. The lowest BCUT2D eigenvalue weighted by Crippen LogP contribution is -2.43. The SMILES string of the molecule is Cc1cc(NC(=O)C2CCCN(S(=O)(=O)c3ccc(F)cc3)C2)n(-c2ccc(F)cc2)n1. The molecule has 0 aliphatic carbocycles. The molecule has 1 aliphatic heterocycles. The van der Waals surface area contributed by atoms with Crippen molar-refractivity contribution in [2.75, 3.05) is 18.4 Å². The number of anilines is 1. The third-order valence-electron chi connectivity index (χ3n) is 5.36. The maximum atomic E-state index is 13.3. The van der Waals surface area contributed by atoms with E-state index in [9.17, 15) is 22.0 Å². The molecule has 0 saturated carbocycles. The van der Waals surface area contributed by atoms with Gasteiger partial charge in [-0.15, -0.1) is 0 Å². The zero-order chi connectivity index (χ0) is 22.9. The third kappa shape index (κ3) is 4.56. The number of nitrogens with zero attached hydrogens (tertiary/aromatic N) is 3. The lowest BCUT2D eigenvalue weighted by atomic mass is 9.99. The summed E-state index contributed by atoms with van der Waals surface area (Å²) in [6.45, 7) is 2.08. The van der Waals surface area contributed by atoms with E-state index in [1.54, 1.807) is 25.1 Å². The van der Waals surface area contributed by atoms with Crippen LogP contribution < -0.4 is 5.32 Å². The Kier molecular flexibility index (Phi) is 6.07. The van der Waals surface area contributed by atoms with Crippen molar-refractivity contribution in [1.82, 2.24) is 14.1 Å². The van der Waals surface area contributed by atoms with Gasteiger partial charge in [0.25, 0.3) is 0 Å². The van der Waals surface area contributed by atoms with Gasteiger partial charge < -0.3 is 5.32 Å². The smallest absolute Gasteiger partial charge is 0.243 e. The average molecular weight is 461 g/mol. The molecule has 2 heterocycles. The molecule has 1 amide bonds. The van der Waals surface area contributed by atoms with E-state index >= 15 is 0 Å². The van der Waals surface area contributed by atoms with Gasteiger partial charge in [0.15, 0.2) is 0 Å². The summed E-state index contributed by atoms with van der Waals surface area (Å²) in [5.41, 5.74) is 1.24. The molecule has 7 nitrogen and oxygen atoms in total. The first-order valence-corrected chi connectivity index (χ1v) is 11.6. The largest absolute Gasteiger partial charge is 0.310 e. The first-order valence-electron chi connectivity index (χ1n) is 10.1. The van der Waals surface area contributed by atoms with E-state index in [0.717, 1.165) is 12.1 Å². The zero-order valence-electron chi connectivity index (χ0n) is 17.3. The summed E-state index contributed by atoms with van der Waals surface area (Å²) in [7, 11) is -3.84. The summed E-state index contributed by atoms with van der Waals surface area (Å²) in [4.78, 5) is 13.0. The van der Waals surface area contributed by atoms with Gasteiger partial charge in [-0.2, -0.15) is 9.40 Å². The number of piperidine rings is 1. The maximum absolute atomic E-state index is 13.3. The third-order valence-corrected chi connectivity index (χ3v) is 7.24. The second kappa shape index (κ2) is 8.79. The van der Waals surface area contributed by atoms with Gasteiger partial charge >= 0.3 is 0 Å². The molecule has 1 aromatic heterocycles. The van der Waals surface area contributed by atoms with Gasteiger partial charge in [0.2, 0.25) is 15.9 Å². The quantitative estimate of drug-likeness (QED) is 0.632. The average Bonchev–Trinajstić information content (AvgIpc) is 3.14. The number of nitrogens with one attached hydrogen (secondary N) is 1.